The molecular formula is C7H8ClNO3. The van der Waals surface area contributed by atoms with Gasteiger partial charge >= 0.3 is 5.88 Å². The summed E-state index contributed by atoms with van der Waals surface area (Å²) in [6, 6.07) is 1.51. The molecule has 1 heterocycles. The Labute approximate surface area is 74.9 Å². The van der Waals surface area contributed by atoms with Crippen LogP contribution in [0.4, 0.5) is 0 Å². The molecule has 4 nitrogen and oxygen atoms in total. The summed E-state index contributed by atoms with van der Waals surface area (Å²) in [6.07, 6.45) is 1.20. The average Bonchev–Trinajstić information content (AvgIpc) is 2.03. The fourth-order valence-corrected chi connectivity index (χ4v) is 1.03. The molecule has 0 aliphatic carbocycles. The summed E-state index contributed by atoms with van der Waals surface area (Å²) >= 11 is 5.60. The second-order valence-corrected chi connectivity index (χ2v) is 2.50. The summed E-state index contributed by atoms with van der Waals surface area (Å²) in [5.41, 5.74) is 0. The molecule has 0 saturated heterocycles. The molecule has 0 aliphatic rings. The molecule has 0 atom stereocenters. The molecule has 0 spiro atoms. The molecule has 0 saturated carbocycles. The van der Waals surface area contributed by atoms with E-state index in [1.807, 2.05) is 0 Å². The van der Waals surface area contributed by atoms with Gasteiger partial charge in [0.15, 0.2) is 0 Å². The standard InChI is InChI=1S/C7H8ClNO3/c1-11-6-3-5(8)4-9(10)7(6)12-2/h3-4H,1-2H3. The van der Waals surface area contributed by atoms with Gasteiger partial charge in [0, 0.05) is 6.07 Å². The Balaban J connectivity index is 3.24. The molecule has 0 aliphatic heterocycles. The number of aromatic nitrogens is 1. The van der Waals surface area contributed by atoms with Gasteiger partial charge in [0.1, 0.15) is 5.02 Å². The number of hydrogen-bond donors (Lipinski definition) is 0. The Hall–Kier alpha value is -1.16. The van der Waals surface area contributed by atoms with Crippen LogP contribution >= 0.6 is 11.6 Å². The molecule has 0 bridgehead atoms. The predicted octanol–water partition coefficient (Wildman–Crippen LogP) is 0.991. The van der Waals surface area contributed by atoms with Crippen molar-refractivity contribution in [3.05, 3.63) is 22.5 Å². The van der Waals surface area contributed by atoms with Gasteiger partial charge in [0.25, 0.3) is 0 Å². The van der Waals surface area contributed by atoms with Crippen LogP contribution < -0.4 is 14.2 Å². The van der Waals surface area contributed by atoms with Gasteiger partial charge in [0.05, 0.1) is 14.2 Å². The normalized spacial score (nSPS) is 9.58. The number of pyridine rings is 1. The first-order chi connectivity index (χ1) is 5.69. The van der Waals surface area contributed by atoms with Crippen LogP contribution in [-0.2, 0) is 0 Å². The molecule has 0 aromatic carbocycles. The maximum absolute atomic E-state index is 11.1. The summed E-state index contributed by atoms with van der Waals surface area (Å²) in [5.74, 6) is 0.418. The number of hydrogen-bond acceptors (Lipinski definition) is 3. The van der Waals surface area contributed by atoms with E-state index in [-0.39, 0.29) is 5.88 Å². The van der Waals surface area contributed by atoms with Crippen molar-refractivity contribution < 1.29 is 14.2 Å². The second-order valence-electron chi connectivity index (χ2n) is 2.06. The van der Waals surface area contributed by atoms with Crippen molar-refractivity contribution in [1.29, 1.82) is 0 Å². The molecule has 0 N–H and O–H groups in total. The lowest BCUT2D eigenvalue weighted by Gasteiger charge is -2.06. The minimum atomic E-state index is 0.0990. The predicted molar refractivity (Wildman–Crippen MR) is 43.5 cm³/mol. The van der Waals surface area contributed by atoms with Gasteiger partial charge in [-0.15, -0.1) is 4.73 Å². The number of halogens is 1. The number of nitrogens with zero attached hydrogens (tertiary/aromatic N) is 1. The fourth-order valence-electron chi connectivity index (χ4n) is 0.840. The zero-order valence-corrected chi connectivity index (χ0v) is 7.46. The highest BCUT2D eigenvalue weighted by atomic mass is 35.5. The molecule has 1 aromatic heterocycles. The van der Waals surface area contributed by atoms with E-state index >= 15 is 0 Å². The lowest BCUT2D eigenvalue weighted by molar-refractivity contribution is -0.612. The minimum absolute atomic E-state index is 0.0990. The third-order valence-corrected chi connectivity index (χ3v) is 1.54. The fraction of sp³-hybridized carbons (Fsp3) is 0.286. The van der Waals surface area contributed by atoms with Crippen LogP contribution in [0.3, 0.4) is 0 Å². The Kier molecular flexibility index (Phi) is 2.60. The number of rotatable bonds is 2. The SMILES string of the molecule is COc1cc(Cl)c[n+]([O-])c1OC. The Morgan fingerprint density at radius 3 is 2.58 bits per heavy atom. The molecule has 0 amide bonds. The Morgan fingerprint density at radius 1 is 1.42 bits per heavy atom. The van der Waals surface area contributed by atoms with Gasteiger partial charge in [-0.05, 0) is 0 Å². The van der Waals surface area contributed by atoms with E-state index in [0.717, 1.165) is 0 Å². The molecule has 1 aromatic rings. The van der Waals surface area contributed by atoms with E-state index in [0.29, 0.717) is 15.5 Å². The van der Waals surface area contributed by atoms with Crippen LogP contribution in [0, 0.1) is 5.21 Å². The summed E-state index contributed by atoms with van der Waals surface area (Å²) < 4.78 is 10.2. The van der Waals surface area contributed by atoms with Crippen LogP contribution in [0.25, 0.3) is 0 Å². The molecule has 0 unspecified atom stereocenters. The molecule has 5 heteroatoms. The van der Waals surface area contributed by atoms with Crippen LogP contribution in [0.2, 0.25) is 5.02 Å². The van der Waals surface area contributed by atoms with Crippen molar-refractivity contribution in [2.45, 2.75) is 0 Å². The van der Waals surface area contributed by atoms with E-state index in [1.54, 1.807) is 0 Å². The van der Waals surface area contributed by atoms with E-state index in [4.69, 9.17) is 21.1 Å². The highest BCUT2D eigenvalue weighted by molar-refractivity contribution is 6.30. The van der Waals surface area contributed by atoms with E-state index in [9.17, 15) is 5.21 Å². The van der Waals surface area contributed by atoms with Crippen molar-refractivity contribution in [3.8, 4) is 11.6 Å². The Bertz CT molecular complexity index is 290. The van der Waals surface area contributed by atoms with E-state index in [1.165, 1.54) is 26.5 Å². The zero-order valence-electron chi connectivity index (χ0n) is 6.70. The van der Waals surface area contributed by atoms with Gasteiger partial charge in [0.2, 0.25) is 11.9 Å². The first kappa shape index (κ1) is 8.93. The second kappa shape index (κ2) is 3.49. The summed E-state index contributed by atoms with van der Waals surface area (Å²) in [4.78, 5) is 0. The van der Waals surface area contributed by atoms with Crippen molar-refractivity contribution in [2.75, 3.05) is 14.2 Å². The maximum atomic E-state index is 11.1. The van der Waals surface area contributed by atoms with Crippen LogP contribution in [-0.4, -0.2) is 14.2 Å². The summed E-state index contributed by atoms with van der Waals surface area (Å²) in [7, 11) is 2.83. The van der Waals surface area contributed by atoms with Gasteiger partial charge in [-0.1, -0.05) is 11.6 Å². The van der Waals surface area contributed by atoms with Crippen LogP contribution in [0.1, 0.15) is 0 Å². The van der Waals surface area contributed by atoms with Gasteiger partial charge in [-0.3, -0.25) is 0 Å². The zero-order chi connectivity index (χ0) is 9.14. The van der Waals surface area contributed by atoms with Gasteiger partial charge in [-0.2, -0.15) is 0 Å². The molecular weight excluding hydrogens is 182 g/mol. The van der Waals surface area contributed by atoms with E-state index < -0.39 is 0 Å². The lowest BCUT2D eigenvalue weighted by atomic mass is 10.4. The number of methoxy groups -OCH3 is 2. The molecule has 1 rings (SSSR count). The monoisotopic (exact) mass is 189 g/mol. The van der Waals surface area contributed by atoms with Crippen LogP contribution in [0.5, 0.6) is 11.6 Å². The third-order valence-electron chi connectivity index (χ3n) is 1.33. The third kappa shape index (κ3) is 1.53. The van der Waals surface area contributed by atoms with Gasteiger partial charge < -0.3 is 14.7 Å². The highest BCUT2D eigenvalue weighted by Crippen LogP contribution is 2.24. The van der Waals surface area contributed by atoms with Crippen molar-refractivity contribution >= 4 is 11.6 Å². The molecule has 0 radical (unpaired) electrons. The van der Waals surface area contributed by atoms with E-state index in [2.05, 4.69) is 0 Å². The van der Waals surface area contributed by atoms with Gasteiger partial charge in [-0.25, -0.2) is 0 Å². The van der Waals surface area contributed by atoms with Crippen molar-refractivity contribution in [2.24, 2.45) is 0 Å². The van der Waals surface area contributed by atoms with Crippen molar-refractivity contribution in [1.82, 2.24) is 0 Å². The highest BCUT2D eigenvalue weighted by Gasteiger charge is 2.15. The smallest absolute Gasteiger partial charge is 0.422 e. The molecule has 0 fully saturated rings. The maximum Gasteiger partial charge on any atom is 0.422 e. The largest absolute Gasteiger partial charge is 0.616 e. The molecule has 66 valence electrons. The topological polar surface area (TPSA) is 45.4 Å². The lowest BCUT2D eigenvalue weighted by Crippen LogP contribution is -2.28. The van der Waals surface area contributed by atoms with Crippen LogP contribution in [0.15, 0.2) is 12.3 Å². The number of ether oxygens (including phenoxy) is 2. The quantitative estimate of drug-likeness (QED) is 0.515. The van der Waals surface area contributed by atoms with Crippen molar-refractivity contribution in [3.63, 3.8) is 0 Å². The molecule has 12 heavy (non-hydrogen) atoms. The summed E-state index contributed by atoms with van der Waals surface area (Å²) in [6.45, 7) is 0. The minimum Gasteiger partial charge on any atom is -0.616 e. The first-order valence-electron chi connectivity index (χ1n) is 3.19. The average molecular weight is 190 g/mol. The summed E-state index contributed by atoms with van der Waals surface area (Å²) in [5, 5.41) is 11.4. The first-order valence-corrected chi connectivity index (χ1v) is 3.57. The Morgan fingerprint density at radius 2 is 2.08 bits per heavy atom.